The lowest BCUT2D eigenvalue weighted by Gasteiger charge is -2.61. The van der Waals surface area contributed by atoms with Gasteiger partial charge in [-0.25, -0.2) is 0 Å². The van der Waals surface area contributed by atoms with E-state index in [0.717, 1.165) is 12.0 Å². The molecule has 0 amide bonds. The van der Waals surface area contributed by atoms with Crippen molar-refractivity contribution < 1.29 is 0 Å². The van der Waals surface area contributed by atoms with Crippen LogP contribution in [0.1, 0.15) is 44.9 Å². The first-order valence-corrected chi connectivity index (χ1v) is 6.73. The maximum absolute atomic E-state index is 3.68. The molecule has 1 N–H and O–H groups in total. The Balaban J connectivity index is 1.43. The topological polar surface area (TPSA) is 15.3 Å². The van der Waals surface area contributed by atoms with Crippen LogP contribution in [-0.2, 0) is 0 Å². The van der Waals surface area contributed by atoms with Gasteiger partial charge in [-0.2, -0.15) is 0 Å². The molecule has 0 radical (unpaired) electrons. The van der Waals surface area contributed by atoms with Crippen LogP contribution in [0.2, 0.25) is 0 Å². The summed E-state index contributed by atoms with van der Waals surface area (Å²) < 4.78 is 0. The molecule has 0 aromatic heterocycles. The number of hydrogen-bond acceptors (Lipinski definition) is 2. The zero-order valence-electron chi connectivity index (χ0n) is 9.97. The zero-order chi connectivity index (χ0) is 10.3. The van der Waals surface area contributed by atoms with Gasteiger partial charge in [0.15, 0.2) is 0 Å². The van der Waals surface area contributed by atoms with Gasteiger partial charge in [0.2, 0.25) is 0 Å². The lowest BCUT2D eigenvalue weighted by Crippen LogP contribution is -2.65. The van der Waals surface area contributed by atoms with Crippen molar-refractivity contribution in [3.8, 4) is 0 Å². The maximum atomic E-state index is 3.68. The normalized spacial score (nSPS) is 46.2. The van der Waals surface area contributed by atoms with Gasteiger partial charge in [-0.05, 0) is 58.0 Å². The molecule has 86 valence electrons. The Labute approximate surface area is 93.4 Å². The van der Waals surface area contributed by atoms with Crippen LogP contribution >= 0.6 is 0 Å². The van der Waals surface area contributed by atoms with E-state index in [2.05, 4.69) is 17.3 Å². The van der Waals surface area contributed by atoms with E-state index in [4.69, 9.17) is 0 Å². The Morgan fingerprint density at radius 3 is 2.73 bits per heavy atom. The standard InChI is InChI=1S/C13H24N2/c1-15-7-5-13(15)9-11(10-13)8-12-4-2-3-6-14-12/h11-12,14H,2-10H2,1H3. The number of likely N-dealkylation sites (tertiary alicyclic amines) is 1. The van der Waals surface area contributed by atoms with Crippen LogP contribution in [0.25, 0.3) is 0 Å². The first kappa shape index (κ1) is 10.1. The Morgan fingerprint density at radius 2 is 2.20 bits per heavy atom. The highest BCUT2D eigenvalue weighted by Crippen LogP contribution is 2.51. The molecule has 2 heteroatoms. The lowest BCUT2D eigenvalue weighted by molar-refractivity contribution is -0.0916. The third kappa shape index (κ3) is 1.72. The molecule has 3 rings (SSSR count). The van der Waals surface area contributed by atoms with Gasteiger partial charge in [0, 0.05) is 18.1 Å². The van der Waals surface area contributed by atoms with E-state index >= 15 is 0 Å². The second kappa shape index (κ2) is 3.74. The van der Waals surface area contributed by atoms with Crippen LogP contribution in [0.3, 0.4) is 0 Å². The summed E-state index contributed by atoms with van der Waals surface area (Å²) in [6.45, 7) is 2.61. The molecule has 2 heterocycles. The highest BCUT2D eigenvalue weighted by molar-refractivity contribution is 5.08. The first-order chi connectivity index (χ1) is 7.28. The number of hydrogen-bond donors (Lipinski definition) is 1. The van der Waals surface area contributed by atoms with Crippen molar-refractivity contribution >= 4 is 0 Å². The summed E-state index contributed by atoms with van der Waals surface area (Å²) in [5.74, 6) is 1.03. The third-order valence-electron chi connectivity index (χ3n) is 5.09. The van der Waals surface area contributed by atoms with Crippen LogP contribution in [0.5, 0.6) is 0 Å². The van der Waals surface area contributed by atoms with E-state index in [0.29, 0.717) is 5.54 Å². The number of rotatable bonds is 2. The van der Waals surface area contributed by atoms with Crippen molar-refractivity contribution in [1.29, 1.82) is 0 Å². The van der Waals surface area contributed by atoms with Crippen molar-refractivity contribution in [3.63, 3.8) is 0 Å². The van der Waals surface area contributed by atoms with Crippen molar-refractivity contribution in [2.24, 2.45) is 5.92 Å². The molecule has 0 aromatic rings. The Morgan fingerprint density at radius 1 is 1.33 bits per heavy atom. The van der Waals surface area contributed by atoms with Crippen molar-refractivity contribution in [2.75, 3.05) is 20.1 Å². The first-order valence-electron chi connectivity index (χ1n) is 6.73. The summed E-state index contributed by atoms with van der Waals surface area (Å²) in [6, 6.07) is 0.853. The minimum atomic E-state index is 0.680. The number of nitrogens with zero attached hydrogens (tertiary/aromatic N) is 1. The zero-order valence-corrected chi connectivity index (χ0v) is 9.97. The fourth-order valence-electron chi connectivity index (χ4n) is 3.88. The fraction of sp³-hybridized carbons (Fsp3) is 1.00. The van der Waals surface area contributed by atoms with Gasteiger partial charge in [0.25, 0.3) is 0 Å². The highest BCUT2D eigenvalue weighted by atomic mass is 15.2. The molecular weight excluding hydrogens is 184 g/mol. The quantitative estimate of drug-likeness (QED) is 0.747. The molecule has 15 heavy (non-hydrogen) atoms. The molecule has 0 aromatic carbocycles. The van der Waals surface area contributed by atoms with Crippen molar-refractivity contribution in [1.82, 2.24) is 10.2 Å². The summed E-state index contributed by atoms with van der Waals surface area (Å²) in [5.41, 5.74) is 0.680. The van der Waals surface area contributed by atoms with Crippen molar-refractivity contribution in [2.45, 2.75) is 56.5 Å². The molecule has 1 saturated carbocycles. The second-order valence-corrected chi connectivity index (χ2v) is 6.05. The molecule has 1 unspecified atom stereocenters. The van der Waals surface area contributed by atoms with Crippen LogP contribution in [0, 0.1) is 5.92 Å². The van der Waals surface area contributed by atoms with E-state index in [-0.39, 0.29) is 0 Å². The summed E-state index contributed by atoms with van der Waals surface area (Å²) in [4.78, 5) is 2.58. The molecule has 2 nitrogen and oxygen atoms in total. The van der Waals surface area contributed by atoms with Gasteiger partial charge < -0.3 is 10.2 Å². The minimum Gasteiger partial charge on any atom is -0.314 e. The minimum absolute atomic E-state index is 0.680. The van der Waals surface area contributed by atoms with Crippen LogP contribution in [0.4, 0.5) is 0 Å². The monoisotopic (exact) mass is 208 g/mol. The molecule has 3 aliphatic rings. The summed E-state index contributed by atoms with van der Waals surface area (Å²) >= 11 is 0. The smallest absolute Gasteiger partial charge is 0.0224 e. The summed E-state index contributed by atoms with van der Waals surface area (Å²) in [7, 11) is 2.30. The van der Waals surface area contributed by atoms with Crippen LogP contribution < -0.4 is 5.32 Å². The third-order valence-corrected chi connectivity index (χ3v) is 5.09. The summed E-state index contributed by atoms with van der Waals surface area (Å²) in [5, 5.41) is 3.68. The molecule has 0 bridgehead atoms. The number of nitrogens with one attached hydrogen (secondary N) is 1. The Bertz CT molecular complexity index is 227. The largest absolute Gasteiger partial charge is 0.314 e. The van der Waals surface area contributed by atoms with Gasteiger partial charge in [0.05, 0.1) is 0 Å². The molecular formula is C13H24N2. The van der Waals surface area contributed by atoms with E-state index in [9.17, 15) is 0 Å². The Hall–Kier alpha value is -0.0800. The van der Waals surface area contributed by atoms with Gasteiger partial charge in [-0.15, -0.1) is 0 Å². The fourth-order valence-corrected chi connectivity index (χ4v) is 3.88. The van der Waals surface area contributed by atoms with Gasteiger partial charge in [-0.3, -0.25) is 0 Å². The van der Waals surface area contributed by atoms with Crippen molar-refractivity contribution in [3.05, 3.63) is 0 Å². The van der Waals surface area contributed by atoms with Gasteiger partial charge in [0.1, 0.15) is 0 Å². The van der Waals surface area contributed by atoms with E-state index in [1.54, 1.807) is 0 Å². The maximum Gasteiger partial charge on any atom is 0.0224 e. The van der Waals surface area contributed by atoms with Gasteiger partial charge >= 0.3 is 0 Å². The lowest BCUT2D eigenvalue weighted by atomic mass is 9.60. The molecule has 1 atom stereocenters. The second-order valence-electron chi connectivity index (χ2n) is 6.05. The van der Waals surface area contributed by atoms with Gasteiger partial charge in [-0.1, -0.05) is 6.42 Å². The molecule has 2 saturated heterocycles. The predicted octanol–water partition coefficient (Wildman–Crippen LogP) is 2.00. The van der Waals surface area contributed by atoms with E-state index < -0.39 is 0 Å². The Kier molecular flexibility index (Phi) is 2.52. The number of piperidine rings is 1. The molecule has 1 spiro atoms. The average Bonchev–Trinajstić information content (AvgIpc) is 2.22. The predicted molar refractivity (Wildman–Crippen MR) is 63.0 cm³/mol. The van der Waals surface area contributed by atoms with E-state index in [1.807, 2.05) is 0 Å². The van der Waals surface area contributed by atoms with Crippen LogP contribution in [0.15, 0.2) is 0 Å². The molecule has 2 aliphatic heterocycles. The average molecular weight is 208 g/mol. The SMILES string of the molecule is CN1CCC12CC(CC1CCCCN1)C2. The highest BCUT2D eigenvalue weighted by Gasteiger charge is 2.51. The van der Waals surface area contributed by atoms with Crippen LogP contribution in [-0.4, -0.2) is 36.6 Å². The van der Waals surface area contributed by atoms with E-state index in [1.165, 1.54) is 58.0 Å². The molecule has 1 aliphatic carbocycles. The summed E-state index contributed by atoms with van der Waals surface area (Å²) in [6.07, 6.45) is 10.2. The molecule has 3 fully saturated rings.